The van der Waals surface area contributed by atoms with E-state index >= 15 is 0 Å². The van der Waals surface area contributed by atoms with E-state index < -0.39 is 10.2 Å². The summed E-state index contributed by atoms with van der Waals surface area (Å²) in [6.07, 6.45) is 4.56. The molecule has 5 nitrogen and oxygen atoms in total. The topological polar surface area (TPSA) is 52.7 Å². The SMILES string of the molecule is CCN(CC)S(=O)(=O)N[C@H]1CCN2CCCC[C@H]12. The van der Waals surface area contributed by atoms with Crippen LogP contribution in [0.3, 0.4) is 0 Å². The molecule has 0 unspecified atom stereocenters. The maximum absolute atomic E-state index is 12.2. The van der Waals surface area contributed by atoms with Crippen LogP contribution in [0.25, 0.3) is 0 Å². The minimum absolute atomic E-state index is 0.107. The first-order valence-electron chi connectivity index (χ1n) is 7.10. The molecule has 0 aromatic heterocycles. The molecule has 2 rings (SSSR count). The number of fused-ring (bicyclic) bond motifs is 1. The molecule has 2 atom stereocenters. The molecular formula is C12H25N3O2S. The van der Waals surface area contributed by atoms with Gasteiger partial charge in [0.2, 0.25) is 0 Å². The van der Waals surface area contributed by atoms with Crippen LogP contribution >= 0.6 is 0 Å². The van der Waals surface area contributed by atoms with Crippen molar-refractivity contribution in [3.05, 3.63) is 0 Å². The van der Waals surface area contributed by atoms with Gasteiger partial charge in [-0.1, -0.05) is 20.3 Å². The van der Waals surface area contributed by atoms with E-state index in [-0.39, 0.29) is 6.04 Å². The van der Waals surface area contributed by atoms with Crippen LogP contribution in [0.15, 0.2) is 0 Å². The number of hydrogen-bond donors (Lipinski definition) is 1. The lowest BCUT2D eigenvalue weighted by Gasteiger charge is -2.33. The van der Waals surface area contributed by atoms with Crippen LogP contribution in [0.2, 0.25) is 0 Å². The first-order chi connectivity index (χ1) is 8.58. The van der Waals surface area contributed by atoms with Crippen LogP contribution < -0.4 is 4.72 Å². The summed E-state index contributed by atoms with van der Waals surface area (Å²) in [4.78, 5) is 2.44. The molecule has 0 bridgehead atoms. The minimum atomic E-state index is -3.30. The van der Waals surface area contributed by atoms with Crippen molar-refractivity contribution >= 4 is 10.2 Å². The maximum atomic E-state index is 12.2. The van der Waals surface area contributed by atoms with E-state index in [0.29, 0.717) is 19.1 Å². The predicted molar refractivity (Wildman–Crippen MR) is 72.6 cm³/mol. The Bertz CT molecular complexity index is 368. The van der Waals surface area contributed by atoms with Crippen molar-refractivity contribution in [1.29, 1.82) is 0 Å². The summed E-state index contributed by atoms with van der Waals surface area (Å²) >= 11 is 0. The number of hydrogen-bond acceptors (Lipinski definition) is 3. The Hall–Kier alpha value is -0.170. The zero-order chi connectivity index (χ0) is 13.2. The zero-order valence-electron chi connectivity index (χ0n) is 11.4. The summed E-state index contributed by atoms with van der Waals surface area (Å²) in [5.41, 5.74) is 0. The Morgan fingerprint density at radius 1 is 1.17 bits per heavy atom. The zero-order valence-corrected chi connectivity index (χ0v) is 12.2. The molecule has 2 fully saturated rings. The first-order valence-corrected chi connectivity index (χ1v) is 8.54. The molecule has 1 N–H and O–H groups in total. The van der Waals surface area contributed by atoms with Gasteiger partial charge >= 0.3 is 0 Å². The van der Waals surface area contributed by atoms with Gasteiger partial charge in [-0.2, -0.15) is 17.4 Å². The summed E-state index contributed by atoms with van der Waals surface area (Å²) in [5.74, 6) is 0. The lowest BCUT2D eigenvalue weighted by atomic mass is 10.00. The maximum Gasteiger partial charge on any atom is 0.279 e. The van der Waals surface area contributed by atoms with Gasteiger partial charge in [0, 0.05) is 31.7 Å². The molecule has 0 radical (unpaired) electrons. The Morgan fingerprint density at radius 3 is 2.56 bits per heavy atom. The van der Waals surface area contributed by atoms with Crippen molar-refractivity contribution < 1.29 is 8.42 Å². The highest BCUT2D eigenvalue weighted by Gasteiger charge is 2.38. The lowest BCUT2D eigenvalue weighted by Crippen LogP contribution is -2.51. The van der Waals surface area contributed by atoms with Gasteiger partial charge in [0.1, 0.15) is 0 Å². The van der Waals surface area contributed by atoms with Crippen molar-refractivity contribution in [1.82, 2.24) is 13.9 Å². The largest absolute Gasteiger partial charge is 0.299 e. The van der Waals surface area contributed by atoms with Crippen LogP contribution in [0.5, 0.6) is 0 Å². The van der Waals surface area contributed by atoms with Crippen LogP contribution in [-0.4, -0.2) is 55.9 Å². The molecule has 0 aromatic rings. The normalized spacial score (nSPS) is 29.7. The van der Waals surface area contributed by atoms with E-state index in [4.69, 9.17) is 0 Å². The molecule has 2 heterocycles. The van der Waals surface area contributed by atoms with E-state index in [1.54, 1.807) is 0 Å². The van der Waals surface area contributed by atoms with Gasteiger partial charge in [-0.05, 0) is 25.8 Å². The first kappa shape index (κ1) is 14.2. The summed E-state index contributed by atoms with van der Waals surface area (Å²) < 4.78 is 28.9. The third kappa shape index (κ3) is 2.87. The monoisotopic (exact) mass is 275 g/mol. The molecule has 0 amide bonds. The second-order valence-electron chi connectivity index (χ2n) is 5.20. The van der Waals surface area contributed by atoms with E-state index in [2.05, 4.69) is 9.62 Å². The number of rotatable bonds is 5. The van der Waals surface area contributed by atoms with Crippen LogP contribution in [0.4, 0.5) is 0 Å². The van der Waals surface area contributed by atoms with Gasteiger partial charge in [-0.3, -0.25) is 4.90 Å². The van der Waals surface area contributed by atoms with Crippen LogP contribution in [0, 0.1) is 0 Å². The molecule has 6 heteroatoms. The van der Waals surface area contributed by atoms with Gasteiger partial charge in [-0.25, -0.2) is 0 Å². The van der Waals surface area contributed by atoms with Crippen molar-refractivity contribution in [2.45, 2.75) is 51.6 Å². The second kappa shape index (κ2) is 5.86. The lowest BCUT2D eigenvalue weighted by molar-refractivity contribution is 0.185. The smallest absolute Gasteiger partial charge is 0.279 e. The van der Waals surface area contributed by atoms with Gasteiger partial charge in [0.15, 0.2) is 0 Å². The van der Waals surface area contributed by atoms with Crippen molar-refractivity contribution in [3.8, 4) is 0 Å². The minimum Gasteiger partial charge on any atom is -0.299 e. The summed E-state index contributed by atoms with van der Waals surface area (Å²) in [6, 6.07) is 0.528. The molecule has 2 saturated heterocycles. The van der Waals surface area contributed by atoms with Gasteiger partial charge in [0.25, 0.3) is 10.2 Å². The Balaban J connectivity index is 2.01. The Morgan fingerprint density at radius 2 is 1.89 bits per heavy atom. The Labute approximate surface area is 111 Å². The average molecular weight is 275 g/mol. The van der Waals surface area contributed by atoms with Gasteiger partial charge in [-0.15, -0.1) is 0 Å². The molecule has 18 heavy (non-hydrogen) atoms. The van der Waals surface area contributed by atoms with Gasteiger partial charge < -0.3 is 0 Å². The quantitative estimate of drug-likeness (QED) is 0.807. The molecule has 2 aliphatic heterocycles. The second-order valence-corrected chi connectivity index (χ2v) is 6.90. The molecule has 2 aliphatic rings. The average Bonchev–Trinajstić information content (AvgIpc) is 2.73. The van der Waals surface area contributed by atoms with E-state index in [1.807, 2.05) is 13.8 Å². The standard InChI is InChI=1S/C12H25N3O2S/c1-3-15(4-2)18(16,17)13-11-8-10-14-9-6-5-7-12(11)14/h11-13H,3-10H2,1-2H3/t11-,12+/m0/s1. The van der Waals surface area contributed by atoms with Crippen molar-refractivity contribution in [3.63, 3.8) is 0 Å². The third-order valence-electron chi connectivity index (χ3n) is 4.20. The van der Waals surface area contributed by atoms with Crippen LogP contribution in [0.1, 0.15) is 39.5 Å². The number of piperidine rings is 1. The number of nitrogens with zero attached hydrogens (tertiary/aromatic N) is 2. The molecule has 0 spiro atoms. The van der Waals surface area contributed by atoms with Crippen molar-refractivity contribution in [2.24, 2.45) is 0 Å². The van der Waals surface area contributed by atoms with Gasteiger partial charge in [0.05, 0.1) is 0 Å². The molecular weight excluding hydrogens is 250 g/mol. The summed E-state index contributed by atoms with van der Waals surface area (Å²) in [6.45, 7) is 7.00. The fourth-order valence-electron chi connectivity index (χ4n) is 3.21. The summed E-state index contributed by atoms with van der Waals surface area (Å²) in [7, 11) is -3.30. The molecule has 106 valence electrons. The highest BCUT2D eigenvalue weighted by Crippen LogP contribution is 2.27. The van der Waals surface area contributed by atoms with E-state index in [0.717, 1.165) is 25.9 Å². The molecule has 0 aromatic carbocycles. The molecule has 0 saturated carbocycles. The van der Waals surface area contributed by atoms with E-state index in [1.165, 1.54) is 17.1 Å². The fourth-order valence-corrected chi connectivity index (χ4v) is 4.70. The predicted octanol–water partition coefficient (Wildman–Crippen LogP) is 0.789. The highest BCUT2D eigenvalue weighted by molar-refractivity contribution is 7.87. The van der Waals surface area contributed by atoms with Crippen molar-refractivity contribution in [2.75, 3.05) is 26.2 Å². The summed E-state index contributed by atoms with van der Waals surface area (Å²) in [5, 5.41) is 0. The van der Waals surface area contributed by atoms with Crippen LogP contribution in [-0.2, 0) is 10.2 Å². The Kier molecular flexibility index (Phi) is 4.64. The number of nitrogens with one attached hydrogen (secondary N) is 1. The fraction of sp³-hybridized carbons (Fsp3) is 1.00. The molecule has 0 aliphatic carbocycles. The third-order valence-corrected chi connectivity index (χ3v) is 6.00. The van der Waals surface area contributed by atoms with E-state index in [9.17, 15) is 8.42 Å². The highest BCUT2D eigenvalue weighted by atomic mass is 32.2.